The highest BCUT2D eigenvalue weighted by atomic mass is 35.5. The van der Waals surface area contributed by atoms with Gasteiger partial charge < -0.3 is 14.8 Å². The number of sulfonamides is 2. The molecule has 3 aromatic rings. The van der Waals surface area contributed by atoms with Crippen molar-refractivity contribution in [3.05, 3.63) is 76.8 Å². The van der Waals surface area contributed by atoms with Gasteiger partial charge in [-0.2, -0.15) is 4.31 Å². The lowest BCUT2D eigenvalue weighted by Gasteiger charge is -2.26. The van der Waals surface area contributed by atoms with Crippen molar-refractivity contribution in [3.8, 4) is 5.75 Å². The van der Waals surface area contributed by atoms with Crippen molar-refractivity contribution in [1.82, 2.24) is 4.31 Å². The predicted molar refractivity (Wildman–Crippen MR) is 144 cm³/mol. The van der Waals surface area contributed by atoms with Gasteiger partial charge in [0.2, 0.25) is 10.0 Å². The molecule has 0 saturated carbocycles. The van der Waals surface area contributed by atoms with E-state index in [2.05, 4.69) is 10.0 Å². The molecular formula is C25H26ClN3O7S2. The van der Waals surface area contributed by atoms with Crippen LogP contribution < -0.4 is 14.8 Å². The average molecular weight is 580 g/mol. The molecule has 0 radical (unpaired) electrons. The van der Waals surface area contributed by atoms with Gasteiger partial charge in [-0.3, -0.25) is 9.52 Å². The van der Waals surface area contributed by atoms with E-state index in [1.54, 1.807) is 12.1 Å². The van der Waals surface area contributed by atoms with E-state index >= 15 is 0 Å². The monoisotopic (exact) mass is 579 g/mol. The molecule has 38 heavy (non-hydrogen) atoms. The zero-order valence-corrected chi connectivity index (χ0v) is 23.0. The van der Waals surface area contributed by atoms with E-state index in [0.29, 0.717) is 0 Å². The first-order valence-electron chi connectivity index (χ1n) is 11.5. The van der Waals surface area contributed by atoms with Crippen LogP contribution in [0.5, 0.6) is 5.75 Å². The Morgan fingerprint density at radius 1 is 0.947 bits per heavy atom. The van der Waals surface area contributed by atoms with Crippen LogP contribution in [0.15, 0.2) is 70.5 Å². The first-order valence-corrected chi connectivity index (χ1v) is 14.8. The second kappa shape index (κ2) is 11.3. The summed E-state index contributed by atoms with van der Waals surface area (Å²) in [4.78, 5) is 13.0. The molecule has 3 aromatic carbocycles. The molecule has 1 aliphatic rings. The number of hydrogen-bond acceptors (Lipinski definition) is 7. The fraction of sp³-hybridized carbons (Fsp3) is 0.240. The number of anilines is 2. The Labute approximate surface area is 226 Å². The maximum atomic E-state index is 13.2. The van der Waals surface area contributed by atoms with Crippen LogP contribution in [0.4, 0.5) is 11.4 Å². The Kier molecular flexibility index (Phi) is 8.28. The lowest BCUT2D eigenvalue weighted by molar-refractivity contribution is 0.0729. The van der Waals surface area contributed by atoms with Gasteiger partial charge in [-0.1, -0.05) is 29.3 Å². The van der Waals surface area contributed by atoms with Crippen LogP contribution in [0.3, 0.4) is 0 Å². The van der Waals surface area contributed by atoms with Crippen molar-refractivity contribution in [2.75, 3.05) is 43.5 Å². The summed E-state index contributed by atoms with van der Waals surface area (Å²) in [6.07, 6.45) is 0. The summed E-state index contributed by atoms with van der Waals surface area (Å²) in [6.45, 7) is 2.83. The van der Waals surface area contributed by atoms with Crippen molar-refractivity contribution in [2.24, 2.45) is 0 Å². The molecule has 1 saturated heterocycles. The van der Waals surface area contributed by atoms with Crippen LogP contribution in [-0.4, -0.2) is 60.5 Å². The molecule has 1 fully saturated rings. The van der Waals surface area contributed by atoms with Crippen LogP contribution >= 0.6 is 11.6 Å². The van der Waals surface area contributed by atoms with Gasteiger partial charge in [0.05, 0.1) is 41.5 Å². The number of nitrogens with one attached hydrogen (secondary N) is 2. The molecule has 1 heterocycles. The van der Waals surface area contributed by atoms with Gasteiger partial charge in [-0.05, 0) is 55.5 Å². The number of rotatable bonds is 8. The van der Waals surface area contributed by atoms with E-state index in [9.17, 15) is 21.6 Å². The lowest BCUT2D eigenvalue weighted by atomic mass is 10.2. The SMILES string of the molecule is COc1ccc(NC(=O)c2ccc(NS(=O)(=O)c3ccc(C)cc3)cc2Cl)cc1S(=O)(=O)N1CCOCC1. The predicted octanol–water partition coefficient (Wildman–Crippen LogP) is 3.73. The zero-order chi connectivity index (χ0) is 27.5. The fourth-order valence-electron chi connectivity index (χ4n) is 3.77. The van der Waals surface area contributed by atoms with Gasteiger partial charge >= 0.3 is 0 Å². The van der Waals surface area contributed by atoms with E-state index in [4.69, 9.17) is 21.1 Å². The van der Waals surface area contributed by atoms with Crippen LogP contribution in [0.1, 0.15) is 15.9 Å². The van der Waals surface area contributed by atoms with Gasteiger partial charge in [-0.15, -0.1) is 0 Å². The summed E-state index contributed by atoms with van der Waals surface area (Å²) in [5.41, 5.74) is 1.38. The van der Waals surface area contributed by atoms with Crippen molar-refractivity contribution >= 4 is 48.9 Å². The summed E-state index contributed by atoms with van der Waals surface area (Å²) in [5, 5.41) is 2.64. The molecule has 0 unspecified atom stereocenters. The average Bonchev–Trinajstić information content (AvgIpc) is 2.89. The van der Waals surface area contributed by atoms with Gasteiger partial charge in [-0.25, -0.2) is 16.8 Å². The molecular weight excluding hydrogens is 554 g/mol. The first kappa shape index (κ1) is 27.9. The van der Waals surface area contributed by atoms with Gasteiger partial charge in [0.25, 0.3) is 15.9 Å². The minimum Gasteiger partial charge on any atom is -0.495 e. The minimum absolute atomic E-state index is 0.00118. The topological polar surface area (TPSA) is 131 Å². The minimum atomic E-state index is -3.90. The molecule has 13 heteroatoms. The highest BCUT2D eigenvalue weighted by Gasteiger charge is 2.30. The third-order valence-electron chi connectivity index (χ3n) is 5.81. The van der Waals surface area contributed by atoms with Gasteiger partial charge in [0.15, 0.2) is 0 Å². The van der Waals surface area contributed by atoms with Crippen molar-refractivity contribution in [2.45, 2.75) is 16.7 Å². The number of methoxy groups -OCH3 is 1. The van der Waals surface area contributed by atoms with E-state index in [-0.39, 0.29) is 63.8 Å². The highest BCUT2D eigenvalue weighted by molar-refractivity contribution is 7.92. The second-order valence-corrected chi connectivity index (χ2v) is 12.4. The Morgan fingerprint density at radius 2 is 1.61 bits per heavy atom. The number of amides is 1. The molecule has 202 valence electrons. The summed E-state index contributed by atoms with van der Waals surface area (Å²) in [5.74, 6) is -0.472. The standard InChI is InChI=1S/C25H26ClN3O7S2/c1-17-3-7-20(8-4-17)37(31,32)28-19-5-9-21(22(26)15-19)25(30)27-18-6-10-23(35-2)24(16-18)38(33,34)29-11-13-36-14-12-29/h3-10,15-16,28H,11-14H2,1-2H3,(H,27,30). The third-order valence-corrected chi connectivity index (χ3v) is 9.44. The smallest absolute Gasteiger partial charge is 0.261 e. The van der Waals surface area contributed by atoms with Crippen molar-refractivity contribution in [3.63, 3.8) is 0 Å². The molecule has 1 amide bonds. The summed E-state index contributed by atoms with van der Waals surface area (Å²) in [6, 6.07) is 14.7. The molecule has 0 spiro atoms. The number of carbonyl (C=O) groups is 1. The van der Waals surface area contributed by atoms with Crippen LogP contribution in [0.25, 0.3) is 0 Å². The van der Waals surface area contributed by atoms with Crippen LogP contribution in [-0.2, 0) is 24.8 Å². The summed E-state index contributed by atoms with van der Waals surface area (Å²) < 4.78 is 66.0. The molecule has 0 atom stereocenters. The van der Waals surface area contributed by atoms with Crippen LogP contribution in [0.2, 0.25) is 5.02 Å². The van der Waals surface area contributed by atoms with Gasteiger partial charge in [0.1, 0.15) is 10.6 Å². The number of carbonyl (C=O) groups excluding carboxylic acids is 1. The fourth-order valence-corrected chi connectivity index (χ4v) is 6.68. The van der Waals surface area contributed by atoms with E-state index in [0.717, 1.165) is 5.56 Å². The van der Waals surface area contributed by atoms with Gasteiger partial charge in [0, 0.05) is 18.8 Å². The van der Waals surface area contributed by atoms with E-state index < -0.39 is 26.0 Å². The number of halogens is 1. The quantitative estimate of drug-likeness (QED) is 0.416. The molecule has 1 aliphatic heterocycles. The lowest BCUT2D eigenvalue weighted by Crippen LogP contribution is -2.40. The van der Waals surface area contributed by atoms with Crippen LogP contribution in [0, 0.1) is 6.92 Å². The summed E-state index contributed by atoms with van der Waals surface area (Å²) >= 11 is 6.31. The number of ether oxygens (including phenoxy) is 2. The Bertz CT molecular complexity index is 1550. The maximum absolute atomic E-state index is 13.2. The summed E-state index contributed by atoms with van der Waals surface area (Å²) in [7, 11) is -6.39. The number of nitrogens with zero attached hydrogens (tertiary/aromatic N) is 1. The second-order valence-electron chi connectivity index (χ2n) is 8.45. The molecule has 2 N–H and O–H groups in total. The molecule has 4 rings (SSSR count). The number of hydrogen-bond donors (Lipinski definition) is 2. The highest BCUT2D eigenvalue weighted by Crippen LogP contribution is 2.31. The Morgan fingerprint density at radius 3 is 2.24 bits per heavy atom. The normalized spacial score (nSPS) is 14.6. The largest absolute Gasteiger partial charge is 0.495 e. The Balaban J connectivity index is 1.53. The molecule has 0 aromatic heterocycles. The van der Waals surface area contributed by atoms with Crippen molar-refractivity contribution < 1.29 is 31.1 Å². The van der Waals surface area contributed by atoms with Crippen molar-refractivity contribution in [1.29, 1.82) is 0 Å². The molecule has 0 bridgehead atoms. The number of benzene rings is 3. The number of aryl methyl sites for hydroxylation is 1. The molecule has 10 nitrogen and oxygen atoms in total. The molecule has 0 aliphatic carbocycles. The van der Waals surface area contributed by atoms with E-state index in [1.165, 1.54) is 59.9 Å². The number of morpholine rings is 1. The van der Waals surface area contributed by atoms with E-state index in [1.807, 2.05) is 6.92 Å². The first-order chi connectivity index (χ1) is 18.0. The third kappa shape index (κ3) is 6.11. The Hall–Kier alpha value is -3.16. The maximum Gasteiger partial charge on any atom is 0.261 e. The zero-order valence-electron chi connectivity index (χ0n) is 20.6.